The molecule has 1 aliphatic rings. The maximum Gasteiger partial charge on any atom is 0.296 e. The van der Waals surface area contributed by atoms with E-state index >= 15 is 0 Å². The Morgan fingerprint density at radius 2 is 1.27 bits per heavy atom. The Morgan fingerprint density at radius 1 is 0.682 bits per heavy atom. The first-order valence-electron chi connectivity index (χ1n) is 13.2. The van der Waals surface area contributed by atoms with Crippen LogP contribution in [-0.2, 0) is 43.2 Å². The van der Waals surface area contributed by atoms with Crippen LogP contribution in [0.3, 0.4) is 0 Å². The number of nitrogens with one attached hydrogen (secondary N) is 1. The van der Waals surface area contributed by atoms with Gasteiger partial charge in [0.2, 0.25) is 0 Å². The number of hydrogen-bond acceptors (Lipinski definition) is 8. The summed E-state index contributed by atoms with van der Waals surface area (Å²) in [6.45, 7) is 7.54. The monoisotopic (exact) mass is 657 g/mol. The zero-order valence-electron chi connectivity index (χ0n) is 23.4. The van der Waals surface area contributed by atoms with Crippen LogP contribution in [0.4, 0.5) is 11.4 Å². The van der Waals surface area contributed by atoms with Crippen molar-refractivity contribution in [3.05, 3.63) is 99.4 Å². The van der Waals surface area contributed by atoms with Gasteiger partial charge in [-0.2, -0.15) is 25.3 Å². The third-order valence-electron chi connectivity index (χ3n) is 7.25. The summed E-state index contributed by atoms with van der Waals surface area (Å²) in [5, 5.41) is 2.95. The van der Waals surface area contributed by atoms with Crippen LogP contribution in [0.25, 0.3) is 12.2 Å². The molecule has 0 bridgehead atoms. The van der Waals surface area contributed by atoms with Gasteiger partial charge >= 0.3 is 0 Å². The molecule has 0 spiro atoms. The molecule has 4 aromatic carbocycles. The lowest BCUT2D eigenvalue weighted by Crippen LogP contribution is -2.25. The van der Waals surface area contributed by atoms with Gasteiger partial charge in [0.25, 0.3) is 30.4 Å². The lowest BCUT2D eigenvalue weighted by Gasteiger charge is -2.25. The molecule has 4 aromatic rings. The van der Waals surface area contributed by atoms with E-state index in [-0.39, 0.29) is 44.3 Å². The molecule has 0 fully saturated rings. The van der Waals surface area contributed by atoms with Gasteiger partial charge < -0.3 is 10.1 Å². The molecule has 0 saturated heterocycles. The van der Waals surface area contributed by atoms with Gasteiger partial charge in [0.15, 0.2) is 0 Å². The van der Waals surface area contributed by atoms with E-state index in [0.717, 1.165) is 29.3 Å². The van der Waals surface area contributed by atoms with Gasteiger partial charge in [-0.25, -0.2) is 0 Å². The van der Waals surface area contributed by atoms with Crippen LogP contribution in [0.1, 0.15) is 36.1 Å². The van der Waals surface area contributed by atoms with Crippen molar-refractivity contribution < 1.29 is 43.6 Å². The minimum Gasteiger partial charge on any atom is -0.456 e. The maximum absolute atomic E-state index is 12.8. The van der Waals surface area contributed by atoms with Gasteiger partial charge in [0, 0.05) is 33.7 Å². The minimum absolute atomic E-state index is 0.00352. The molecule has 0 atom stereocenters. The van der Waals surface area contributed by atoms with E-state index in [1.54, 1.807) is 0 Å². The van der Waals surface area contributed by atoms with E-state index in [0.29, 0.717) is 18.5 Å². The van der Waals surface area contributed by atoms with E-state index in [2.05, 4.69) is 11.9 Å². The van der Waals surface area contributed by atoms with Gasteiger partial charge in [-0.05, 0) is 53.5 Å². The summed E-state index contributed by atoms with van der Waals surface area (Å²) < 4.78 is 111. The van der Waals surface area contributed by atoms with E-state index in [1.165, 1.54) is 30.3 Å². The lowest BCUT2D eigenvalue weighted by atomic mass is 9.92. The van der Waals surface area contributed by atoms with Gasteiger partial charge in [-0.3, -0.25) is 13.7 Å². The third-order valence-corrected chi connectivity index (χ3v) is 9.99. The molecule has 44 heavy (non-hydrogen) atoms. The Bertz CT molecular complexity index is 2280. The fraction of sp³-hybridized carbons (Fsp3) is 0.133. The molecule has 1 heterocycles. The number of aryl methyl sites for hydroxylation is 2. The molecule has 1 aliphatic heterocycles. The summed E-state index contributed by atoms with van der Waals surface area (Å²) in [5.41, 5.74) is 2.11. The van der Waals surface area contributed by atoms with E-state index in [1.807, 2.05) is 32.0 Å². The van der Waals surface area contributed by atoms with Gasteiger partial charge in [0.05, 0.1) is 5.69 Å². The molecule has 0 aliphatic carbocycles. The summed E-state index contributed by atoms with van der Waals surface area (Å²) in [6.07, 6.45) is 1.22. The SMILES string of the molecule is C=c1cc2c(cc1S(=O)(=O)O)=C(c1ccccc1S(=O)(=O)O)c1cc(S(=O)(=O)O)c(Nc3c(CC)cccc3CC)cc1O2. The fourth-order valence-electron chi connectivity index (χ4n) is 5.26. The number of fused-ring (bicyclic) bond motifs is 2. The number of rotatable bonds is 8. The van der Waals surface area contributed by atoms with Gasteiger partial charge in [-0.15, -0.1) is 0 Å². The second-order valence-electron chi connectivity index (χ2n) is 9.98. The molecule has 0 radical (unpaired) electrons. The van der Waals surface area contributed by atoms with Gasteiger partial charge in [0.1, 0.15) is 26.2 Å². The van der Waals surface area contributed by atoms with Gasteiger partial charge in [-0.1, -0.05) is 56.8 Å². The Labute approximate surface area is 254 Å². The molecular formula is C30H27NO10S3. The van der Waals surface area contributed by atoms with Crippen LogP contribution in [0, 0.1) is 0 Å². The van der Waals surface area contributed by atoms with Crippen molar-refractivity contribution in [1.29, 1.82) is 0 Å². The molecule has 0 aromatic heterocycles. The quantitative estimate of drug-likeness (QED) is 0.177. The van der Waals surface area contributed by atoms with Crippen molar-refractivity contribution >= 4 is 53.9 Å². The molecule has 0 saturated carbocycles. The maximum atomic E-state index is 12.8. The standard InChI is InChI=1S/C30H27NO10S3/c1-4-18-9-8-10-19(5-2)30(18)31-23-16-25-22(15-28(23)44(38,39)40)29(20-11-6-7-12-26(20)42(32,33)34)21-14-27(43(35,36)37)17(3)13-24(21)41-25/h6-16,31H,3-5H2,1-2H3,(H,32,33,34)(H,35,36,37)(H,38,39,40). The Kier molecular flexibility index (Phi) is 7.95. The van der Waals surface area contributed by atoms with Crippen molar-refractivity contribution in [2.24, 2.45) is 0 Å². The summed E-state index contributed by atoms with van der Waals surface area (Å²) in [5.74, 6) is 0.0161. The summed E-state index contributed by atoms with van der Waals surface area (Å²) >= 11 is 0. The molecule has 11 nitrogen and oxygen atoms in total. The first kappa shape index (κ1) is 31.4. The van der Waals surface area contributed by atoms with Crippen LogP contribution in [0.15, 0.2) is 81.4 Å². The molecule has 4 N–H and O–H groups in total. The number of hydrogen-bond donors (Lipinski definition) is 4. The fourth-order valence-corrected chi connectivity index (χ4v) is 7.27. The largest absolute Gasteiger partial charge is 0.456 e. The van der Waals surface area contributed by atoms with Crippen molar-refractivity contribution in [3.63, 3.8) is 0 Å². The number of ether oxygens (including phenoxy) is 1. The first-order valence-corrected chi connectivity index (χ1v) is 17.5. The summed E-state index contributed by atoms with van der Waals surface area (Å²) in [6, 6.07) is 15.5. The molecule has 5 rings (SSSR count). The van der Waals surface area contributed by atoms with Crippen LogP contribution in [-0.4, -0.2) is 38.9 Å². The predicted octanol–water partition coefficient (Wildman–Crippen LogP) is 4.06. The topological polar surface area (TPSA) is 184 Å². The van der Waals surface area contributed by atoms with E-state index in [4.69, 9.17) is 4.74 Å². The first-order chi connectivity index (χ1) is 20.5. The number of benzene rings is 4. The van der Waals surface area contributed by atoms with E-state index in [9.17, 15) is 38.9 Å². The highest BCUT2D eigenvalue weighted by molar-refractivity contribution is 7.86. The smallest absolute Gasteiger partial charge is 0.296 e. The average molecular weight is 658 g/mol. The van der Waals surface area contributed by atoms with Crippen molar-refractivity contribution in [1.82, 2.24) is 0 Å². The molecule has 0 unspecified atom stereocenters. The highest BCUT2D eigenvalue weighted by Crippen LogP contribution is 2.43. The number of anilines is 2. The molecule has 230 valence electrons. The zero-order valence-corrected chi connectivity index (χ0v) is 25.8. The van der Waals surface area contributed by atoms with Crippen LogP contribution < -0.4 is 20.5 Å². The Hall–Kier alpha value is -4.05. The van der Waals surface area contributed by atoms with E-state index < -0.39 is 45.0 Å². The predicted molar refractivity (Wildman–Crippen MR) is 164 cm³/mol. The highest BCUT2D eigenvalue weighted by atomic mass is 32.2. The number of para-hydroxylation sites is 1. The van der Waals surface area contributed by atoms with Crippen molar-refractivity contribution in [2.45, 2.75) is 41.4 Å². The second kappa shape index (κ2) is 11.1. The highest BCUT2D eigenvalue weighted by Gasteiger charge is 2.30. The average Bonchev–Trinajstić information content (AvgIpc) is 2.93. The van der Waals surface area contributed by atoms with Crippen LogP contribution in [0.2, 0.25) is 0 Å². The van der Waals surface area contributed by atoms with Crippen molar-refractivity contribution in [2.75, 3.05) is 5.32 Å². The molecular weight excluding hydrogens is 631 g/mol. The zero-order chi connectivity index (χ0) is 32.2. The Morgan fingerprint density at radius 3 is 1.84 bits per heavy atom. The minimum atomic E-state index is -4.93. The van der Waals surface area contributed by atoms with Crippen LogP contribution in [0.5, 0.6) is 11.5 Å². The Balaban J connectivity index is 1.93. The molecule has 0 amide bonds. The van der Waals surface area contributed by atoms with Crippen molar-refractivity contribution in [3.8, 4) is 11.5 Å². The summed E-state index contributed by atoms with van der Waals surface area (Å²) in [4.78, 5) is -1.76. The van der Waals surface area contributed by atoms with Crippen LogP contribution >= 0.6 is 0 Å². The lowest BCUT2D eigenvalue weighted by molar-refractivity contribution is 0.466. The molecule has 14 heteroatoms. The normalized spacial score (nSPS) is 13.2. The summed E-state index contributed by atoms with van der Waals surface area (Å²) in [7, 11) is -14.6. The second-order valence-corrected chi connectivity index (χ2v) is 14.2. The third kappa shape index (κ3) is 5.75.